The van der Waals surface area contributed by atoms with Crippen molar-refractivity contribution in [1.82, 2.24) is 8.80 Å². The molecule has 18 rings (SSSR count). The molecule has 0 aliphatic carbocycles. The number of benzene rings is 10. The van der Waals surface area contributed by atoms with Crippen LogP contribution in [0.5, 0.6) is 0 Å². The Balaban J connectivity index is 0.910. The predicted molar refractivity (Wildman–Crippen MR) is 303 cm³/mol. The average molecular weight is 939 g/mol. The highest BCUT2D eigenvalue weighted by atomic mass is 16.3. The molecule has 0 saturated carbocycles. The third-order valence-corrected chi connectivity index (χ3v) is 16.9. The van der Waals surface area contributed by atoms with E-state index in [2.05, 4.69) is 189 Å². The first kappa shape index (κ1) is 38.7. The minimum atomic E-state index is -0.0533. The van der Waals surface area contributed by atoms with Crippen molar-refractivity contribution < 1.29 is 17.7 Å². The monoisotopic (exact) mass is 938 g/mol. The highest BCUT2D eigenvalue weighted by Crippen LogP contribution is 2.51. The van der Waals surface area contributed by atoms with Gasteiger partial charge in [0, 0.05) is 86.2 Å². The number of para-hydroxylation sites is 2. The smallest absolute Gasteiger partial charge is 0.160 e. The fraction of sp³-hybridized carbons (Fsp3) is 0.104. The van der Waals surface area contributed by atoms with E-state index >= 15 is 0 Å². The van der Waals surface area contributed by atoms with Gasteiger partial charge in [-0.1, -0.05) is 113 Å². The van der Waals surface area contributed by atoms with E-state index in [0.717, 1.165) is 121 Å². The van der Waals surface area contributed by atoms with Crippen LogP contribution in [0.25, 0.3) is 175 Å². The Kier molecular flexibility index (Phi) is 6.74. The summed E-state index contributed by atoms with van der Waals surface area (Å²) in [6, 6.07) is 57.7. The maximum absolute atomic E-state index is 7.16. The number of aromatic nitrogens is 2. The summed E-state index contributed by atoms with van der Waals surface area (Å²) in [4.78, 5) is 0. The predicted octanol–water partition coefficient (Wildman–Crippen LogP) is 19.7. The van der Waals surface area contributed by atoms with Gasteiger partial charge in [0.25, 0.3) is 0 Å². The van der Waals surface area contributed by atoms with Crippen LogP contribution < -0.4 is 0 Å². The number of nitrogens with zero attached hydrogens (tertiary/aromatic N) is 2. The van der Waals surface area contributed by atoms with Gasteiger partial charge in [-0.05, 0) is 112 Å². The quantitative estimate of drug-likeness (QED) is 0.173. The minimum absolute atomic E-state index is 0.0533. The lowest BCUT2D eigenvalue weighted by Crippen LogP contribution is -2.10. The van der Waals surface area contributed by atoms with Crippen LogP contribution in [0.3, 0.4) is 0 Å². The summed E-state index contributed by atoms with van der Waals surface area (Å²) >= 11 is 0. The molecule has 0 saturated heterocycles. The van der Waals surface area contributed by atoms with Crippen molar-refractivity contribution in [2.45, 2.75) is 46.0 Å². The van der Waals surface area contributed by atoms with Crippen LogP contribution in [-0.2, 0) is 5.41 Å². The fourth-order valence-electron chi connectivity index (χ4n) is 13.4. The molecular formula is C67H42N2O4. The second kappa shape index (κ2) is 12.7. The molecule has 0 aliphatic rings. The van der Waals surface area contributed by atoms with Gasteiger partial charge >= 0.3 is 0 Å². The summed E-state index contributed by atoms with van der Waals surface area (Å²) in [5.41, 5.74) is 18.5. The van der Waals surface area contributed by atoms with Crippen molar-refractivity contribution in [2.24, 2.45) is 0 Å². The Bertz CT molecular complexity index is 5520. The SMILES string of the molecule is CC(C)c1cc2c3ccc4c5ccccc5oc4c3n3c2c(c1)c1ccc2c(oc4cccc(-c5ccc6oc7c(ccc8c9cc(C(C)(C)C)cc%10c%11ccc%12c%13ccccc%13oc%12c%11n(c%109)c87)c6c5)c42)c13. The molecule has 10 aromatic carbocycles. The molecule has 6 heteroatoms. The highest BCUT2D eigenvalue weighted by Gasteiger charge is 2.29. The van der Waals surface area contributed by atoms with Gasteiger partial charge in [0.05, 0.1) is 33.1 Å². The third kappa shape index (κ3) is 4.59. The van der Waals surface area contributed by atoms with E-state index in [0.29, 0.717) is 5.92 Å². The molecule has 73 heavy (non-hydrogen) atoms. The van der Waals surface area contributed by atoms with Gasteiger partial charge in [0.15, 0.2) is 22.3 Å². The molecule has 0 fully saturated rings. The van der Waals surface area contributed by atoms with E-state index in [1.807, 2.05) is 12.1 Å². The van der Waals surface area contributed by atoms with E-state index in [-0.39, 0.29) is 5.41 Å². The minimum Gasteiger partial charge on any atom is -0.454 e. The molecule has 18 aromatic rings. The first-order valence-electron chi connectivity index (χ1n) is 25.5. The van der Waals surface area contributed by atoms with Gasteiger partial charge in [0.2, 0.25) is 0 Å². The van der Waals surface area contributed by atoms with E-state index in [1.165, 1.54) is 65.3 Å². The van der Waals surface area contributed by atoms with Crippen LogP contribution in [0, 0.1) is 0 Å². The molecule has 0 spiro atoms. The van der Waals surface area contributed by atoms with Gasteiger partial charge in [-0.25, -0.2) is 0 Å². The zero-order valence-corrected chi connectivity index (χ0v) is 40.6. The number of hydrogen-bond donors (Lipinski definition) is 0. The van der Waals surface area contributed by atoms with Crippen LogP contribution in [0.4, 0.5) is 0 Å². The Morgan fingerprint density at radius 3 is 1.29 bits per heavy atom. The summed E-state index contributed by atoms with van der Waals surface area (Å²) < 4.78 is 32.8. The molecule has 344 valence electrons. The van der Waals surface area contributed by atoms with Gasteiger partial charge < -0.3 is 26.5 Å². The van der Waals surface area contributed by atoms with Crippen LogP contribution >= 0.6 is 0 Å². The Hall–Kier alpha value is -9.00. The lowest BCUT2D eigenvalue weighted by atomic mass is 9.85. The van der Waals surface area contributed by atoms with E-state index in [4.69, 9.17) is 17.7 Å². The second-order valence-electron chi connectivity index (χ2n) is 22.1. The number of rotatable bonds is 2. The van der Waals surface area contributed by atoms with Gasteiger partial charge in [-0.2, -0.15) is 0 Å². The molecule has 0 amide bonds. The van der Waals surface area contributed by atoms with E-state index in [1.54, 1.807) is 0 Å². The number of furan rings is 4. The van der Waals surface area contributed by atoms with Crippen molar-refractivity contribution in [3.8, 4) is 11.1 Å². The Morgan fingerprint density at radius 1 is 0.342 bits per heavy atom. The first-order valence-corrected chi connectivity index (χ1v) is 25.5. The molecule has 0 unspecified atom stereocenters. The zero-order chi connectivity index (χ0) is 48.1. The lowest BCUT2D eigenvalue weighted by molar-refractivity contribution is 0.592. The Morgan fingerprint density at radius 2 is 0.767 bits per heavy atom. The maximum atomic E-state index is 7.16. The summed E-state index contributed by atoms with van der Waals surface area (Å²) in [7, 11) is 0. The standard InChI is InChI=1S/C67H42N2O4/c1-32(2)34-28-48-39-18-22-43-37-11-6-8-14-52(37)70-63(43)59(39)68-57(48)49(29-34)40-21-25-46-56-36(13-10-16-55(56)73-66(46)62(40)68)33-17-26-54-47(27-33)45-24-20-42-51-31-35(67(3,4)5)30-50-41-19-23-44-38-12-7-9-15-53(38)71-64(44)60(41)69(58(50)51)61(42)65(45)72-54/h6-32H,1-5H3. The molecule has 8 heterocycles. The van der Waals surface area contributed by atoms with Crippen LogP contribution in [-0.4, -0.2) is 8.80 Å². The molecule has 0 N–H and O–H groups in total. The average Bonchev–Trinajstić information content (AvgIpc) is 4.29. The van der Waals surface area contributed by atoms with Crippen LogP contribution in [0.1, 0.15) is 51.7 Å². The van der Waals surface area contributed by atoms with E-state index in [9.17, 15) is 0 Å². The number of hydrogen-bond acceptors (Lipinski definition) is 4. The molecule has 0 bridgehead atoms. The van der Waals surface area contributed by atoms with E-state index < -0.39 is 0 Å². The van der Waals surface area contributed by atoms with Crippen molar-refractivity contribution in [3.63, 3.8) is 0 Å². The van der Waals surface area contributed by atoms with Gasteiger partial charge in [-0.3, -0.25) is 0 Å². The topological polar surface area (TPSA) is 61.4 Å². The molecular weight excluding hydrogens is 897 g/mol. The van der Waals surface area contributed by atoms with Crippen molar-refractivity contribution in [1.29, 1.82) is 0 Å². The van der Waals surface area contributed by atoms with Crippen LogP contribution in [0.15, 0.2) is 175 Å². The molecule has 6 nitrogen and oxygen atoms in total. The van der Waals surface area contributed by atoms with Gasteiger partial charge in [-0.15, -0.1) is 0 Å². The summed E-state index contributed by atoms with van der Waals surface area (Å²) in [5, 5.41) is 18.4. The first-order chi connectivity index (χ1) is 35.7. The molecule has 0 aliphatic heterocycles. The van der Waals surface area contributed by atoms with Crippen LogP contribution in [0.2, 0.25) is 0 Å². The zero-order valence-electron chi connectivity index (χ0n) is 40.6. The number of fused-ring (bicyclic) bond motifs is 28. The van der Waals surface area contributed by atoms with Gasteiger partial charge in [0.1, 0.15) is 22.3 Å². The second-order valence-corrected chi connectivity index (χ2v) is 22.1. The summed E-state index contributed by atoms with van der Waals surface area (Å²) in [5.74, 6) is 0.359. The maximum Gasteiger partial charge on any atom is 0.160 e. The third-order valence-electron chi connectivity index (χ3n) is 16.9. The molecule has 0 radical (unpaired) electrons. The lowest BCUT2D eigenvalue weighted by Gasteiger charge is -2.19. The highest BCUT2D eigenvalue weighted by molar-refractivity contribution is 6.34. The van der Waals surface area contributed by atoms with Crippen molar-refractivity contribution in [3.05, 3.63) is 169 Å². The molecule has 0 atom stereocenters. The van der Waals surface area contributed by atoms with Crippen molar-refractivity contribution >= 4 is 164 Å². The van der Waals surface area contributed by atoms with Crippen molar-refractivity contribution in [2.75, 3.05) is 0 Å². The Labute approximate surface area is 414 Å². The normalized spacial score (nSPS) is 13.4. The summed E-state index contributed by atoms with van der Waals surface area (Å²) in [6.45, 7) is 11.5. The fourth-order valence-corrected chi connectivity index (χ4v) is 13.4. The molecule has 8 aromatic heterocycles. The largest absolute Gasteiger partial charge is 0.454 e. The summed E-state index contributed by atoms with van der Waals surface area (Å²) in [6.07, 6.45) is 0.